The Hall–Kier alpha value is -2.82. The summed E-state index contributed by atoms with van der Waals surface area (Å²) in [6.45, 7) is 6.06. The van der Waals surface area contributed by atoms with Crippen LogP contribution in [-0.2, 0) is 0 Å². The van der Waals surface area contributed by atoms with Crippen molar-refractivity contribution in [1.82, 2.24) is 14.8 Å². The average Bonchev–Trinajstić information content (AvgIpc) is 3.00. The van der Waals surface area contributed by atoms with Crippen molar-refractivity contribution >= 4 is 11.6 Å². The molecule has 0 saturated carbocycles. The van der Waals surface area contributed by atoms with Crippen LogP contribution in [0, 0.1) is 6.92 Å². The largest absolute Gasteiger partial charge is 0.491 e. The molecule has 23 heavy (non-hydrogen) atoms. The molecule has 0 bridgehead atoms. The maximum Gasteiger partial charge on any atom is 0.246 e. The Morgan fingerprint density at radius 1 is 1.09 bits per heavy atom. The van der Waals surface area contributed by atoms with Crippen LogP contribution in [0.4, 0.5) is 11.6 Å². The minimum Gasteiger partial charge on any atom is -0.491 e. The van der Waals surface area contributed by atoms with E-state index in [4.69, 9.17) is 4.74 Å². The monoisotopic (exact) mass is 308 g/mol. The third-order valence-corrected chi connectivity index (χ3v) is 3.34. The lowest BCUT2D eigenvalue weighted by Crippen LogP contribution is -2.06. The molecule has 0 saturated heterocycles. The zero-order valence-corrected chi connectivity index (χ0v) is 13.5. The van der Waals surface area contributed by atoms with Crippen molar-refractivity contribution in [2.45, 2.75) is 26.9 Å². The second-order valence-corrected chi connectivity index (χ2v) is 5.62. The first-order valence-corrected chi connectivity index (χ1v) is 7.63. The van der Waals surface area contributed by atoms with Crippen molar-refractivity contribution in [3.8, 4) is 11.4 Å². The Labute approximate surface area is 135 Å². The van der Waals surface area contributed by atoms with Gasteiger partial charge < -0.3 is 10.1 Å². The molecule has 1 heterocycles. The van der Waals surface area contributed by atoms with Gasteiger partial charge in [-0.05, 0) is 44.5 Å². The predicted octanol–water partition coefficient (Wildman–Crippen LogP) is 4.11. The van der Waals surface area contributed by atoms with Gasteiger partial charge in [0, 0.05) is 11.8 Å². The third-order valence-electron chi connectivity index (χ3n) is 3.34. The summed E-state index contributed by atoms with van der Waals surface area (Å²) >= 11 is 0. The number of anilines is 2. The van der Waals surface area contributed by atoms with Crippen LogP contribution in [0.5, 0.6) is 5.75 Å². The summed E-state index contributed by atoms with van der Waals surface area (Å²) in [4.78, 5) is 4.32. The molecule has 0 atom stereocenters. The lowest BCUT2D eigenvalue weighted by atomic mass is 10.2. The van der Waals surface area contributed by atoms with Gasteiger partial charge in [0.15, 0.2) is 0 Å². The summed E-state index contributed by atoms with van der Waals surface area (Å²) in [6, 6.07) is 15.9. The maximum atomic E-state index is 5.74. The van der Waals surface area contributed by atoms with E-state index in [-0.39, 0.29) is 6.10 Å². The SMILES string of the molecule is Cc1ccc(OC(C)C)cc1Nc1ncn(-c2ccccc2)n1. The first-order chi connectivity index (χ1) is 11.1. The van der Waals surface area contributed by atoms with Crippen molar-refractivity contribution in [2.75, 3.05) is 5.32 Å². The number of rotatable bonds is 5. The molecule has 0 aliphatic rings. The van der Waals surface area contributed by atoms with E-state index in [0.29, 0.717) is 5.95 Å². The average molecular weight is 308 g/mol. The molecule has 0 unspecified atom stereocenters. The van der Waals surface area contributed by atoms with E-state index in [9.17, 15) is 0 Å². The van der Waals surface area contributed by atoms with Gasteiger partial charge in [0.05, 0.1) is 11.8 Å². The number of benzene rings is 2. The first kappa shape index (κ1) is 15.1. The number of nitrogens with zero attached hydrogens (tertiary/aromatic N) is 3. The Morgan fingerprint density at radius 2 is 1.87 bits per heavy atom. The number of aryl methyl sites for hydroxylation is 1. The molecule has 5 nitrogen and oxygen atoms in total. The van der Waals surface area contributed by atoms with Crippen LogP contribution in [0.1, 0.15) is 19.4 Å². The summed E-state index contributed by atoms with van der Waals surface area (Å²) in [5.41, 5.74) is 3.02. The van der Waals surface area contributed by atoms with Gasteiger partial charge in [-0.25, -0.2) is 4.68 Å². The summed E-state index contributed by atoms with van der Waals surface area (Å²) < 4.78 is 7.48. The highest BCUT2D eigenvalue weighted by atomic mass is 16.5. The van der Waals surface area contributed by atoms with Crippen molar-refractivity contribution in [1.29, 1.82) is 0 Å². The second kappa shape index (κ2) is 6.52. The Balaban J connectivity index is 1.81. The minimum absolute atomic E-state index is 0.140. The molecular weight excluding hydrogens is 288 g/mol. The van der Waals surface area contributed by atoms with Crippen LogP contribution in [0.3, 0.4) is 0 Å². The van der Waals surface area contributed by atoms with Crippen molar-refractivity contribution < 1.29 is 4.74 Å². The molecular formula is C18H20N4O. The molecule has 0 aliphatic heterocycles. The molecule has 0 radical (unpaired) electrons. The molecule has 0 aliphatic carbocycles. The van der Waals surface area contributed by atoms with Gasteiger partial charge >= 0.3 is 0 Å². The molecule has 5 heteroatoms. The summed E-state index contributed by atoms with van der Waals surface area (Å²) in [7, 11) is 0. The van der Waals surface area contributed by atoms with Crippen molar-refractivity contribution in [3.63, 3.8) is 0 Å². The fraction of sp³-hybridized carbons (Fsp3) is 0.222. The molecule has 3 aromatic rings. The molecule has 1 aromatic heterocycles. The number of nitrogens with one attached hydrogen (secondary N) is 1. The van der Waals surface area contributed by atoms with Gasteiger partial charge in [0.1, 0.15) is 12.1 Å². The number of hydrogen-bond donors (Lipinski definition) is 1. The number of para-hydroxylation sites is 1. The molecule has 1 N–H and O–H groups in total. The predicted molar refractivity (Wildman–Crippen MR) is 91.6 cm³/mol. The van der Waals surface area contributed by atoms with Crippen LogP contribution < -0.4 is 10.1 Å². The van der Waals surface area contributed by atoms with Gasteiger partial charge in [0.2, 0.25) is 5.95 Å². The highest BCUT2D eigenvalue weighted by molar-refractivity contribution is 5.60. The smallest absolute Gasteiger partial charge is 0.246 e. The van der Waals surface area contributed by atoms with Gasteiger partial charge in [-0.3, -0.25) is 0 Å². The van der Waals surface area contributed by atoms with Gasteiger partial charge in [-0.1, -0.05) is 24.3 Å². The Bertz CT molecular complexity index is 781. The van der Waals surface area contributed by atoms with Gasteiger partial charge in [0.25, 0.3) is 0 Å². The van der Waals surface area contributed by atoms with Crippen LogP contribution in [0.25, 0.3) is 5.69 Å². The Kier molecular flexibility index (Phi) is 4.28. The molecule has 2 aromatic carbocycles. The number of hydrogen-bond acceptors (Lipinski definition) is 4. The minimum atomic E-state index is 0.140. The zero-order chi connectivity index (χ0) is 16.2. The molecule has 0 amide bonds. The van der Waals surface area contributed by atoms with Gasteiger partial charge in [-0.15, -0.1) is 5.10 Å². The normalized spacial score (nSPS) is 10.8. The van der Waals surface area contributed by atoms with Crippen molar-refractivity contribution in [2.24, 2.45) is 0 Å². The first-order valence-electron chi connectivity index (χ1n) is 7.63. The fourth-order valence-corrected chi connectivity index (χ4v) is 2.23. The van der Waals surface area contributed by atoms with E-state index in [1.165, 1.54) is 0 Å². The van der Waals surface area contributed by atoms with Crippen LogP contribution in [0.2, 0.25) is 0 Å². The number of ether oxygens (including phenoxy) is 1. The summed E-state index contributed by atoms with van der Waals surface area (Å²) in [5.74, 6) is 1.38. The van der Waals surface area contributed by atoms with Gasteiger partial charge in [-0.2, -0.15) is 4.98 Å². The highest BCUT2D eigenvalue weighted by Crippen LogP contribution is 2.25. The van der Waals surface area contributed by atoms with Crippen LogP contribution in [-0.4, -0.2) is 20.9 Å². The summed E-state index contributed by atoms with van der Waals surface area (Å²) in [5, 5.41) is 7.71. The lowest BCUT2D eigenvalue weighted by Gasteiger charge is -2.13. The fourth-order valence-electron chi connectivity index (χ4n) is 2.23. The Morgan fingerprint density at radius 3 is 2.61 bits per heavy atom. The second-order valence-electron chi connectivity index (χ2n) is 5.62. The molecule has 0 spiro atoms. The lowest BCUT2D eigenvalue weighted by molar-refractivity contribution is 0.242. The molecule has 0 fully saturated rings. The highest BCUT2D eigenvalue weighted by Gasteiger charge is 2.07. The van der Waals surface area contributed by atoms with E-state index in [1.807, 2.05) is 69.3 Å². The number of aromatic nitrogens is 3. The topological polar surface area (TPSA) is 52.0 Å². The molecule has 118 valence electrons. The molecule has 3 rings (SSSR count). The van der Waals surface area contributed by atoms with E-state index in [1.54, 1.807) is 11.0 Å². The summed E-state index contributed by atoms with van der Waals surface area (Å²) in [6.07, 6.45) is 1.84. The van der Waals surface area contributed by atoms with Crippen LogP contribution >= 0.6 is 0 Å². The van der Waals surface area contributed by atoms with E-state index in [0.717, 1.165) is 22.7 Å². The van der Waals surface area contributed by atoms with Crippen molar-refractivity contribution in [3.05, 3.63) is 60.4 Å². The van der Waals surface area contributed by atoms with E-state index in [2.05, 4.69) is 15.4 Å². The third kappa shape index (κ3) is 3.69. The zero-order valence-electron chi connectivity index (χ0n) is 13.5. The van der Waals surface area contributed by atoms with E-state index >= 15 is 0 Å². The quantitative estimate of drug-likeness (QED) is 0.771. The van der Waals surface area contributed by atoms with E-state index < -0.39 is 0 Å². The maximum absolute atomic E-state index is 5.74. The standard InChI is InChI=1S/C18H20N4O/c1-13(2)23-16-10-9-14(3)17(11-16)20-18-19-12-22(21-18)15-7-5-4-6-8-15/h4-13H,1-3H3,(H,20,21). The van der Waals surface area contributed by atoms with Crippen LogP contribution in [0.15, 0.2) is 54.9 Å².